The summed E-state index contributed by atoms with van der Waals surface area (Å²) < 4.78 is 0. The lowest BCUT2D eigenvalue weighted by Gasteiger charge is -2.21. The van der Waals surface area contributed by atoms with E-state index in [-0.39, 0.29) is 6.42 Å². The molecule has 0 spiro atoms. The number of nitrogens with two attached hydrogens (primary N) is 2. The number of rotatable bonds is 12. The van der Waals surface area contributed by atoms with Crippen LogP contribution in [0.5, 0.6) is 0 Å². The van der Waals surface area contributed by atoms with Crippen LogP contribution in [0.1, 0.15) is 19.3 Å². The second-order valence-corrected chi connectivity index (χ2v) is 6.10. The third kappa shape index (κ3) is 9.52. The van der Waals surface area contributed by atoms with E-state index in [0.29, 0.717) is 5.75 Å². The standard InChI is InChI=1S/C13H22N4O7S/c1-25-3-2-7(13(23)24)16-12(22)8(5-9(15)18)17-11(21)6(14)4-10(19)20/h6-8H,2-5,14H2,1H3,(H2,15,18)(H,16,22)(H,17,21)(H,19,20)(H,23,24). The first-order valence-corrected chi connectivity index (χ1v) is 8.56. The molecule has 3 atom stereocenters. The van der Waals surface area contributed by atoms with E-state index in [1.165, 1.54) is 11.8 Å². The van der Waals surface area contributed by atoms with E-state index in [2.05, 4.69) is 10.6 Å². The van der Waals surface area contributed by atoms with Crippen LogP contribution in [0.15, 0.2) is 0 Å². The highest BCUT2D eigenvalue weighted by atomic mass is 32.2. The molecule has 0 fully saturated rings. The quantitative estimate of drug-likeness (QED) is 0.212. The number of aliphatic carboxylic acids is 2. The van der Waals surface area contributed by atoms with Crippen LogP contribution in [0.25, 0.3) is 0 Å². The highest BCUT2D eigenvalue weighted by molar-refractivity contribution is 7.98. The summed E-state index contributed by atoms with van der Waals surface area (Å²) >= 11 is 1.38. The van der Waals surface area contributed by atoms with Crippen molar-refractivity contribution in [2.45, 2.75) is 37.4 Å². The van der Waals surface area contributed by atoms with Crippen LogP contribution in [-0.4, -0.2) is 70.0 Å². The molecule has 25 heavy (non-hydrogen) atoms. The minimum atomic E-state index is -1.46. The van der Waals surface area contributed by atoms with Crippen molar-refractivity contribution in [1.82, 2.24) is 10.6 Å². The Morgan fingerprint density at radius 1 is 1.00 bits per heavy atom. The molecular formula is C13H22N4O7S. The normalized spacial score (nSPS) is 14.0. The van der Waals surface area contributed by atoms with Crippen LogP contribution in [0, 0.1) is 0 Å². The number of carbonyl (C=O) groups excluding carboxylic acids is 3. The summed E-state index contributed by atoms with van der Waals surface area (Å²) in [5.41, 5.74) is 10.4. The van der Waals surface area contributed by atoms with Crippen molar-refractivity contribution in [3.63, 3.8) is 0 Å². The predicted octanol–water partition coefficient (Wildman–Crippen LogP) is -2.53. The Morgan fingerprint density at radius 2 is 1.56 bits per heavy atom. The monoisotopic (exact) mass is 378 g/mol. The van der Waals surface area contributed by atoms with Crippen LogP contribution < -0.4 is 22.1 Å². The van der Waals surface area contributed by atoms with Crippen LogP contribution >= 0.6 is 11.8 Å². The molecule has 0 aliphatic carbocycles. The first-order chi connectivity index (χ1) is 11.6. The minimum absolute atomic E-state index is 0.137. The van der Waals surface area contributed by atoms with Crippen LogP contribution in [0.2, 0.25) is 0 Å². The Bertz CT molecular complexity index is 529. The Balaban J connectivity index is 5.01. The molecule has 0 aliphatic rings. The number of amides is 3. The maximum Gasteiger partial charge on any atom is 0.326 e. The number of primary amides is 1. The van der Waals surface area contributed by atoms with Gasteiger partial charge in [-0.1, -0.05) is 0 Å². The molecule has 3 unspecified atom stereocenters. The van der Waals surface area contributed by atoms with Gasteiger partial charge in [-0.05, 0) is 18.4 Å². The number of carbonyl (C=O) groups is 5. The maximum absolute atomic E-state index is 12.2. The van der Waals surface area contributed by atoms with Gasteiger partial charge in [0.1, 0.15) is 12.1 Å². The summed E-state index contributed by atoms with van der Waals surface area (Å²) in [6, 6.07) is -4.10. The first-order valence-electron chi connectivity index (χ1n) is 7.16. The molecule has 0 saturated carbocycles. The number of thioether (sulfide) groups is 1. The van der Waals surface area contributed by atoms with Gasteiger partial charge in [0.05, 0.1) is 18.9 Å². The summed E-state index contributed by atoms with van der Waals surface area (Å²) in [6.07, 6.45) is 0.632. The molecule has 0 bridgehead atoms. The molecule has 0 radical (unpaired) electrons. The van der Waals surface area contributed by atoms with Crippen LogP contribution in [-0.2, 0) is 24.0 Å². The van der Waals surface area contributed by atoms with Gasteiger partial charge in [0.15, 0.2) is 0 Å². The fraction of sp³-hybridized carbons (Fsp3) is 0.615. The van der Waals surface area contributed by atoms with Gasteiger partial charge in [-0.15, -0.1) is 0 Å². The largest absolute Gasteiger partial charge is 0.481 e. The zero-order valence-electron chi connectivity index (χ0n) is 13.6. The molecule has 0 aromatic carbocycles. The Labute approximate surface area is 147 Å². The lowest BCUT2D eigenvalue weighted by Crippen LogP contribution is -2.55. The van der Waals surface area contributed by atoms with E-state index in [1.807, 2.05) is 0 Å². The molecule has 0 aliphatic heterocycles. The number of hydrogen-bond donors (Lipinski definition) is 6. The van der Waals surface area contributed by atoms with Crippen LogP contribution in [0.4, 0.5) is 0 Å². The topological polar surface area (TPSA) is 202 Å². The zero-order valence-corrected chi connectivity index (χ0v) is 14.4. The maximum atomic E-state index is 12.2. The van der Waals surface area contributed by atoms with Gasteiger partial charge in [0.2, 0.25) is 17.7 Å². The van der Waals surface area contributed by atoms with E-state index in [4.69, 9.17) is 21.7 Å². The van der Waals surface area contributed by atoms with Gasteiger partial charge >= 0.3 is 11.9 Å². The highest BCUT2D eigenvalue weighted by Gasteiger charge is 2.29. The Kier molecular flexibility index (Phi) is 10.2. The lowest BCUT2D eigenvalue weighted by atomic mass is 10.1. The number of carboxylic acid groups (broad SMARTS) is 2. The average molecular weight is 378 g/mol. The molecule has 0 heterocycles. The fourth-order valence-electron chi connectivity index (χ4n) is 1.74. The van der Waals surface area contributed by atoms with E-state index < -0.39 is 60.6 Å². The van der Waals surface area contributed by atoms with E-state index in [9.17, 15) is 24.0 Å². The van der Waals surface area contributed by atoms with Crippen molar-refractivity contribution in [3.8, 4) is 0 Å². The summed E-state index contributed by atoms with van der Waals surface area (Å²) in [7, 11) is 0. The minimum Gasteiger partial charge on any atom is -0.481 e. The summed E-state index contributed by atoms with van der Waals surface area (Å²) in [5, 5.41) is 22.0. The molecule has 3 amide bonds. The molecule has 142 valence electrons. The van der Waals surface area contributed by atoms with Crippen molar-refractivity contribution in [3.05, 3.63) is 0 Å². The second-order valence-electron chi connectivity index (χ2n) is 5.12. The summed E-state index contributed by atoms with van der Waals surface area (Å²) in [4.78, 5) is 56.8. The first kappa shape index (κ1) is 22.7. The average Bonchev–Trinajstić information content (AvgIpc) is 2.48. The Hall–Kier alpha value is -2.34. The van der Waals surface area contributed by atoms with Crippen molar-refractivity contribution >= 4 is 41.4 Å². The molecule has 12 heteroatoms. The smallest absolute Gasteiger partial charge is 0.326 e. The third-order valence-corrected chi connectivity index (χ3v) is 3.64. The number of nitrogens with one attached hydrogen (secondary N) is 2. The van der Waals surface area contributed by atoms with Crippen LogP contribution in [0.3, 0.4) is 0 Å². The van der Waals surface area contributed by atoms with Crippen molar-refractivity contribution in [2.75, 3.05) is 12.0 Å². The Morgan fingerprint density at radius 3 is 2.00 bits per heavy atom. The molecule has 0 aromatic heterocycles. The predicted molar refractivity (Wildman–Crippen MR) is 88.5 cm³/mol. The second kappa shape index (κ2) is 11.3. The van der Waals surface area contributed by atoms with Gasteiger partial charge in [0.25, 0.3) is 0 Å². The van der Waals surface area contributed by atoms with Crippen molar-refractivity contribution in [2.24, 2.45) is 11.5 Å². The number of hydrogen-bond acceptors (Lipinski definition) is 7. The van der Waals surface area contributed by atoms with Gasteiger partial charge in [-0.3, -0.25) is 19.2 Å². The number of carboxylic acids is 2. The van der Waals surface area contributed by atoms with Crippen molar-refractivity contribution in [1.29, 1.82) is 0 Å². The van der Waals surface area contributed by atoms with E-state index in [0.717, 1.165) is 0 Å². The summed E-state index contributed by atoms with van der Waals surface area (Å²) in [5.74, 6) is -4.94. The van der Waals surface area contributed by atoms with E-state index >= 15 is 0 Å². The van der Waals surface area contributed by atoms with Gasteiger partial charge < -0.3 is 32.3 Å². The van der Waals surface area contributed by atoms with E-state index in [1.54, 1.807) is 6.26 Å². The van der Waals surface area contributed by atoms with Crippen molar-refractivity contribution < 1.29 is 34.2 Å². The van der Waals surface area contributed by atoms with Gasteiger partial charge in [-0.25, -0.2) is 4.79 Å². The molecule has 0 aromatic rings. The molecule has 11 nitrogen and oxygen atoms in total. The summed E-state index contributed by atoms with van der Waals surface area (Å²) in [6.45, 7) is 0. The third-order valence-electron chi connectivity index (χ3n) is 2.99. The fourth-order valence-corrected chi connectivity index (χ4v) is 2.21. The van der Waals surface area contributed by atoms with Gasteiger partial charge in [0, 0.05) is 0 Å². The zero-order chi connectivity index (χ0) is 19.6. The molecule has 0 rings (SSSR count). The highest BCUT2D eigenvalue weighted by Crippen LogP contribution is 2.03. The molecule has 0 saturated heterocycles. The molecular weight excluding hydrogens is 356 g/mol. The van der Waals surface area contributed by atoms with Gasteiger partial charge in [-0.2, -0.15) is 11.8 Å². The molecule has 8 N–H and O–H groups in total. The lowest BCUT2D eigenvalue weighted by molar-refractivity contribution is -0.143. The SMILES string of the molecule is CSCCC(NC(=O)C(CC(N)=O)NC(=O)C(N)CC(=O)O)C(=O)O.